The summed E-state index contributed by atoms with van der Waals surface area (Å²) in [5.74, 6) is -0.530. The van der Waals surface area contributed by atoms with E-state index in [1.54, 1.807) is 12.4 Å². The fourth-order valence-corrected chi connectivity index (χ4v) is 2.73. The molecule has 0 radical (unpaired) electrons. The van der Waals surface area contributed by atoms with E-state index in [0.29, 0.717) is 17.0 Å². The lowest BCUT2D eigenvalue weighted by Crippen LogP contribution is -2.25. The van der Waals surface area contributed by atoms with Crippen LogP contribution < -0.4 is 5.32 Å². The first-order valence-electron chi connectivity index (χ1n) is 7.77. The topological polar surface area (TPSA) is 67.5 Å². The zero-order valence-electron chi connectivity index (χ0n) is 12.5. The van der Waals surface area contributed by atoms with Crippen LogP contribution in [0, 0.1) is 11.1 Å². The van der Waals surface area contributed by atoms with Crippen molar-refractivity contribution in [1.82, 2.24) is 5.32 Å². The lowest BCUT2D eigenvalue weighted by atomic mass is 9.89. The summed E-state index contributed by atoms with van der Waals surface area (Å²) in [6.07, 6.45) is 13.7. The van der Waals surface area contributed by atoms with Crippen molar-refractivity contribution in [3.8, 4) is 0 Å². The largest absolute Gasteiger partial charge is 0.592 e. The molecule has 0 unspecified atom stereocenters. The number of hydrogen-bond donors (Lipinski definition) is 1. The number of hydroxylamine groups is 1. The van der Waals surface area contributed by atoms with Gasteiger partial charge in [0, 0.05) is 23.1 Å². The number of dihydropyridines is 1. The second-order valence-corrected chi connectivity index (χ2v) is 5.53. The first kappa shape index (κ1) is 15.5. The highest BCUT2D eigenvalue weighted by Crippen LogP contribution is 2.25. The van der Waals surface area contributed by atoms with Gasteiger partial charge in [0.2, 0.25) is 0 Å². The fourth-order valence-electron chi connectivity index (χ4n) is 2.73. The molecule has 0 spiro atoms. The Balaban J connectivity index is 2.16. The zero-order chi connectivity index (χ0) is 15.1. The molecule has 1 heterocycles. The first-order valence-corrected chi connectivity index (χ1v) is 7.77. The number of nitrogens with one attached hydrogen (secondary N) is 1. The Morgan fingerprint density at radius 1 is 1.33 bits per heavy atom. The van der Waals surface area contributed by atoms with Crippen molar-refractivity contribution in [1.29, 1.82) is 0 Å². The van der Waals surface area contributed by atoms with Gasteiger partial charge in [0.1, 0.15) is 5.70 Å². The molecule has 2 rings (SSSR count). The average molecular weight is 289 g/mol. The molecular formula is C16H23N3O2. The van der Waals surface area contributed by atoms with Crippen LogP contribution in [0.15, 0.2) is 40.9 Å². The molecule has 0 saturated heterocycles. The number of carbonyl (C=O) groups is 1. The van der Waals surface area contributed by atoms with E-state index in [4.69, 9.17) is 0 Å². The van der Waals surface area contributed by atoms with Gasteiger partial charge in [-0.15, -0.1) is 0 Å². The molecule has 0 atom stereocenters. The number of carbonyl (C=O) groups excluding carboxylic acids is 1. The second kappa shape index (κ2) is 7.76. The van der Waals surface area contributed by atoms with E-state index in [9.17, 15) is 10.0 Å². The van der Waals surface area contributed by atoms with Crippen LogP contribution in [-0.2, 0) is 4.79 Å². The zero-order valence-corrected chi connectivity index (χ0v) is 12.5. The smallest absolute Gasteiger partial charge is 0.426 e. The SMILES string of the molecule is CCCC(N=[N+]([O-])C(=O)C1CCCCC1)=C1C=CNC=C1. The number of rotatable bonds is 4. The molecule has 1 fully saturated rings. The Bertz CT molecular complexity index is 484. The van der Waals surface area contributed by atoms with E-state index in [2.05, 4.69) is 10.4 Å². The predicted molar refractivity (Wildman–Crippen MR) is 81.0 cm³/mol. The molecule has 0 bridgehead atoms. The van der Waals surface area contributed by atoms with Crippen LogP contribution in [0.1, 0.15) is 51.9 Å². The third kappa shape index (κ3) is 4.28. The summed E-state index contributed by atoms with van der Waals surface area (Å²) in [5, 5.41) is 19.1. The molecule has 1 aliphatic heterocycles. The van der Waals surface area contributed by atoms with Gasteiger partial charge in [-0.1, -0.05) is 32.6 Å². The summed E-state index contributed by atoms with van der Waals surface area (Å²) in [6, 6.07) is 0. The van der Waals surface area contributed by atoms with E-state index in [1.165, 1.54) is 0 Å². The standard InChI is InChI=1S/C16H23N3O2/c1-2-6-15(13-9-11-17-12-10-13)18-19(21)16(20)14-7-4-3-5-8-14/h9-12,14,17H,2-8H2,1H3. The van der Waals surface area contributed by atoms with Crippen LogP contribution in [-0.4, -0.2) is 10.8 Å². The summed E-state index contributed by atoms with van der Waals surface area (Å²) in [5.41, 5.74) is 1.55. The van der Waals surface area contributed by atoms with Gasteiger partial charge in [-0.3, -0.25) is 0 Å². The summed E-state index contributed by atoms with van der Waals surface area (Å²) in [6.45, 7) is 2.03. The molecule has 1 amide bonds. The third-order valence-corrected chi connectivity index (χ3v) is 3.89. The Morgan fingerprint density at radius 2 is 2.00 bits per heavy atom. The fraction of sp³-hybridized carbons (Fsp3) is 0.562. The maximum absolute atomic E-state index is 12.2. The van der Waals surface area contributed by atoms with Gasteiger partial charge in [-0.2, -0.15) is 0 Å². The molecule has 2 aliphatic rings. The number of azo groups is 1. The number of amides is 1. The Labute approximate surface area is 125 Å². The van der Waals surface area contributed by atoms with E-state index < -0.39 is 0 Å². The molecule has 5 heteroatoms. The van der Waals surface area contributed by atoms with Gasteiger partial charge in [0.25, 0.3) is 0 Å². The van der Waals surface area contributed by atoms with Crippen molar-refractivity contribution in [2.75, 3.05) is 0 Å². The van der Waals surface area contributed by atoms with Gasteiger partial charge in [-0.05, 0) is 36.3 Å². The van der Waals surface area contributed by atoms with Crippen LogP contribution in [0.5, 0.6) is 0 Å². The van der Waals surface area contributed by atoms with E-state index in [0.717, 1.165) is 44.1 Å². The minimum absolute atomic E-state index is 0.146. The van der Waals surface area contributed by atoms with Crippen molar-refractivity contribution < 1.29 is 9.66 Å². The summed E-state index contributed by atoms with van der Waals surface area (Å²) in [7, 11) is 0. The molecule has 1 saturated carbocycles. The first-order chi connectivity index (χ1) is 10.2. The highest BCUT2D eigenvalue weighted by atomic mass is 16.5. The lowest BCUT2D eigenvalue weighted by molar-refractivity contribution is -0.452. The highest BCUT2D eigenvalue weighted by Gasteiger charge is 2.29. The molecule has 0 aromatic rings. The lowest BCUT2D eigenvalue weighted by Gasteiger charge is -2.17. The molecule has 0 aromatic carbocycles. The summed E-state index contributed by atoms with van der Waals surface area (Å²) >= 11 is 0. The van der Waals surface area contributed by atoms with Crippen molar-refractivity contribution in [2.45, 2.75) is 51.9 Å². The molecule has 1 aliphatic carbocycles. The van der Waals surface area contributed by atoms with Crippen LogP contribution in [0.2, 0.25) is 0 Å². The normalized spacial score (nSPS) is 19.5. The Hall–Kier alpha value is -1.91. The minimum Gasteiger partial charge on any atom is -0.592 e. The van der Waals surface area contributed by atoms with Crippen molar-refractivity contribution in [3.05, 3.63) is 41.0 Å². The molecule has 1 N–H and O–H groups in total. The van der Waals surface area contributed by atoms with Gasteiger partial charge >= 0.3 is 5.91 Å². The second-order valence-electron chi connectivity index (χ2n) is 5.53. The average Bonchev–Trinajstić information content (AvgIpc) is 2.55. The van der Waals surface area contributed by atoms with Crippen LogP contribution in [0.3, 0.4) is 0 Å². The number of allylic oxidation sites excluding steroid dienone is 4. The van der Waals surface area contributed by atoms with Crippen LogP contribution in [0.25, 0.3) is 0 Å². The summed E-state index contributed by atoms with van der Waals surface area (Å²) < 4.78 is 0. The molecule has 5 nitrogen and oxygen atoms in total. The van der Waals surface area contributed by atoms with Crippen molar-refractivity contribution in [2.24, 2.45) is 11.0 Å². The molecular weight excluding hydrogens is 266 g/mol. The van der Waals surface area contributed by atoms with Crippen LogP contribution >= 0.6 is 0 Å². The van der Waals surface area contributed by atoms with Gasteiger partial charge in [0.05, 0.1) is 5.92 Å². The maximum atomic E-state index is 12.2. The molecule has 0 aromatic heterocycles. The van der Waals surface area contributed by atoms with Gasteiger partial charge < -0.3 is 10.5 Å². The maximum Gasteiger partial charge on any atom is 0.426 e. The Morgan fingerprint density at radius 3 is 2.62 bits per heavy atom. The molecule has 114 valence electrons. The Kier molecular flexibility index (Phi) is 5.72. The summed E-state index contributed by atoms with van der Waals surface area (Å²) in [4.78, 5) is 12.5. The van der Waals surface area contributed by atoms with Crippen molar-refractivity contribution in [3.63, 3.8) is 0 Å². The number of hydrogen-bond acceptors (Lipinski definition) is 4. The van der Waals surface area contributed by atoms with Crippen molar-refractivity contribution >= 4 is 5.91 Å². The van der Waals surface area contributed by atoms with E-state index in [1.807, 2.05) is 19.1 Å². The van der Waals surface area contributed by atoms with E-state index in [-0.39, 0.29) is 11.8 Å². The van der Waals surface area contributed by atoms with Gasteiger partial charge in [0.15, 0.2) is 0 Å². The van der Waals surface area contributed by atoms with Crippen LogP contribution in [0.4, 0.5) is 0 Å². The highest BCUT2D eigenvalue weighted by molar-refractivity contribution is 5.70. The van der Waals surface area contributed by atoms with Gasteiger partial charge in [-0.25, -0.2) is 4.79 Å². The third-order valence-electron chi connectivity index (χ3n) is 3.89. The minimum atomic E-state index is -0.384. The van der Waals surface area contributed by atoms with E-state index >= 15 is 0 Å². The quantitative estimate of drug-likeness (QED) is 0.487. The monoisotopic (exact) mass is 289 g/mol. The molecule has 21 heavy (non-hydrogen) atoms. The number of nitrogens with zero attached hydrogens (tertiary/aromatic N) is 2. The predicted octanol–water partition coefficient (Wildman–Crippen LogP) is 3.74.